The van der Waals surface area contributed by atoms with E-state index in [2.05, 4.69) is 20.9 Å². The van der Waals surface area contributed by atoms with Gasteiger partial charge in [-0.2, -0.15) is 0 Å². The molecule has 5 heteroatoms. The van der Waals surface area contributed by atoms with Crippen LogP contribution >= 0.6 is 0 Å². The molecule has 0 atom stereocenters. The average molecular weight is 314 g/mol. The van der Waals surface area contributed by atoms with Gasteiger partial charge in [0.2, 0.25) is 0 Å². The van der Waals surface area contributed by atoms with Crippen LogP contribution in [0.1, 0.15) is 10.4 Å². The van der Waals surface area contributed by atoms with Gasteiger partial charge in [0, 0.05) is 30.2 Å². The van der Waals surface area contributed by atoms with Crippen molar-refractivity contribution in [1.29, 1.82) is 0 Å². The third kappa shape index (κ3) is 1.84. The van der Waals surface area contributed by atoms with Crippen LogP contribution in [0.25, 0.3) is 33.3 Å². The molecule has 24 heavy (non-hydrogen) atoms. The molecule has 0 bridgehead atoms. The molecule has 3 heterocycles. The summed E-state index contributed by atoms with van der Waals surface area (Å²) in [5.74, 6) is 0.814. The van der Waals surface area contributed by atoms with Gasteiger partial charge >= 0.3 is 0 Å². The van der Waals surface area contributed by atoms with Crippen molar-refractivity contribution in [2.45, 2.75) is 6.54 Å². The van der Waals surface area contributed by atoms with E-state index in [1.807, 2.05) is 48.7 Å². The lowest BCUT2D eigenvalue weighted by molar-refractivity contribution is 0.0956. The van der Waals surface area contributed by atoms with Crippen LogP contribution in [0.5, 0.6) is 0 Å². The molecule has 0 unspecified atom stereocenters. The quantitative estimate of drug-likeness (QED) is 0.587. The minimum absolute atomic E-state index is 0.0394. The highest BCUT2D eigenvalue weighted by atomic mass is 16.1. The van der Waals surface area contributed by atoms with Crippen molar-refractivity contribution in [2.24, 2.45) is 0 Å². The number of aromatic nitrogens is 3. The lowest BCUT2D eigenvalue weighted by atomic mass is 10.1. The minimum Gasteiger partial charge on any atom is -0.350 e. The normalized spacial score (nSPS) is 13.9. The number of imidazole rings is 1. The summed E-state index contributed by atoms with van der Waals surface area (Å²) in [6, 6.07) is 15.8. The summed E-state index contributed by atoms with van der Waals surface area (Å²) >= 11 is 0. The molecule has 1 aliphatic rings. The predicted octanol–water partition coefficient (Wildman–Crippen LogP) is 2.99. The first-order valence-corrected chi connectivity index (χ1v) is 7.94. The van der Waals surface area contributed by atoms with Gasteiger partial charge in [0.15, 0.2) is 0 Å². The maximum atomic E-state index is 12.2. The van der Waals surface area contributed by atoms with Crippen LogP contribution in [0.4, 0.5) is 0 Å². The zero-order chi connectivity index (χ0) is 16.1. The number of nitrogens with one attached hydrogen (secondary N) is 1. The third-order valence-corrected chi connectivity index (χ3v) is 4.48. The molecular weight excluding hydrogens is 300 g/mol. The van der Waals surface area contributed by atoms with Crippen LogP contribution in [-0.2, 0) is 6.54 Å². The number of hydrogen-bond donors (Lipinski definition) is 1. The molecule has 1 N–H and O–H groups in total. The smallest absolute Gasteiger partial charge is 0.253 e. The van der Waals surface area contributed by atoms with E-state index >= 15 is 0 Å². The Morgan fingerprint density at radius 2 is 1.92 bits per heavy atom. The number of rotatable bonds is 1. The second-order valence-corrected chi connectivity index (χ2v) is 5.93. The summed E-state index contributed by atoms with van der Waals surface area (Å²) in [5.41, 5.74) is 4.34. The standard InChI is InChI=1S/C19H14N4O/c24-19-14-5-3-7-16-17(14)23(9-8-20-19)18(22-16)13-10-12-4-1-2-6-15(12)21-11-13/h1-7,10-11H,8-9H2,(H,20,24). The summed E-state index contributed by atoms with van der Waals surface area (Å²) in [7, 11) is 0. The van der Waals surface area contributed by atoms with Crippen LogP contribution < -0.4 is 5.32 Å². The molecule has 1 aliphatic heterocycles. The SMILES string of the molecule is O=C1NCCn2c(-c3cnc4ccccc4c3)nc3cccc1c32. The van der Waals surface area contributed by atoms with Crippen LogP contribution in [0.3, 0.4) is 0 Å². The summed E-state index contributed by atoms with van der Waals surface area (Å²) in [6.07, 6.45) is 1.85. The van der Waals surface area contributed by atoms with Crippen molar-refractivity contribution in [2.75, 3.05) is 6.54 Å². The van der Waals surface area contributed by atoms with Gasteiger partial charge in [0.25, 0.3) is 5.91 Å². The lowest BCUT2D eigenvalue weighted by Gasteiger charge is -2.07. The fourth-order valence-corrected chi connectivity index (χ4v) is 3.38. The Balaban J connectivity index is 1.81. The summed E-state index contributed by atoms with van der Waals surface area (Å²) in [5, 5.41) is 4.02. The Morgan fingerprint density at radius 3 is 2.88 bits per heavy atom. The maximum Gasteiger partial charge on any atom is 0.253 e. The molecule has 2 aromatic heterocycles. The van der Waals surface area contributed by atoms with E-state index in [4.69, 9.17) is 4.98 Å². The van der Waals surface area contributed by atoms with Crippen molar-refractivity contribution in [1.82, 2.24) is 19.9 Å². The molecule has 0 saturated carbocycles. The van der Waals surface area contributed by atoms with Crippen molar-refractivity contribution in [3.05, 3.63) is 60.3 Å². The van der Waals surface area contributed by atoms with Gasteiger partial charge in [-0.15, -0.1) is 0 Å². The summed E-state index contributed by atoms with van der Waals surface area (Å²) in [4.78, 5) is 21.6. The largest absolute Gasteiger partial charge is 0.350 e. The topological polar surface area (TPSA) is 59.8 Å². The Hall–Kier alpha value is -3.21. The molecule has 0 radical (unpaired) electrons. The van der Waals surface area contributed by atoms with E-state index in [0.29, 0.717) is 18.7 Å². The zero-order valence-corrected chi connectivity index (χ0v) is 12.9. The van der Waals surface area contributed by atoms with E-state index in [1.165, 1.54) is 0 Å². The van der Waals surface area contributed by atoms with Gasteiger partial charge in [-0.1, -0.05) is 24.3 Å². The van der Waals surface area contributed by atoms with Crippen molar-refractivity contribution in [3.63, 3.8) is 0 Å². The highest BCUT2D eigenvalue weighted by molar-refractivity contribution is 6.06. The van der Waals surface area contributed by atoms with Crippen molar-refractivity contribution in [3.8, 4) is 11.4 Å². The van der Waals surface area contributed by atoms with Gasteiger partial charge in [-0.05, 0) is 24.3 Å². The molecule has 0 spiro atoms. The molecule has 5 nitrogen and oxygen atoms in total. The van der Waals surface area contributed by atoms with Gasteiger partial charge < -0.3 is 9.88 Å². The van der Waals surface area contributed by atoms with Crippen LogP contribution in [0.2, 0.25) is 0 Å². The number of benzene rings is 2. The first-order valence-electron chi connectivity index (χ1n) is 7.94. The van der Waals surface area contributed by atoms with Gasteiger partial charge in [-0.25, -0.2) is 4.98 Å². The summed E-state index contributed by atoms with van der Waals surface area (Å²) < 4.78 is 2.12. The van der Waals surface area contributed by atoms with E-state index in [-0.39, 0.29) is 5.91 Å². The Morgan fingerprint density at radius 1 is 1.04 bits per heavy atom. The van der Waals surface area contributed by atoms with E-state index < -0.39 is 0 Å². The Kier molecular flexibility index (Phi) is 2.70. The molecule has 4 aromatic rings. The maximum absolute atomic E-state index is 12.2. The number of pyridine rings is 1. The Bertz CT molecular complexity index is 1110. The number of amides is 1. The number of nitrogens with zero attached hydrogens (tertiary/aromatic N) is 3. The van der Waals surface area contributed by atoms with Crippen LogP contribution in [0.15, 0.2) is 54.7 Å². The molecule has 5 rings (SSSR count). The number of carbonyl (C=O) groups is 1. The number of para-hydroxylation sites is 2. The van der Waals surface area contributed by atoms with Gasteiger partial charge in [0.1, 0.15) is 5.82 Å². The molecule has 0 fully saturated rings. The zero-order valence-electron chi connectivity index (χ0n) is 12.9. The third-order valence-electron chi connectivity index (χ3n) is 4.48. The first-order chi connectivity index (χ1) is 11.8. The van der Waals surface area contributed by atoms with Crippen LogP contribution in [-0.4, -0.2) is 27.0 Å². The number of fused-ring (bicyclic) bond motifs is 1. The van der Waals surface area contributed by atoms with E-state index in [0.717, 1.165) is 33.3 Å². The second kappa shape index (κ2) is 4.89. The minimum atomic E-state index is -0.0394. The van der Waals surface area contributed by atoms with Gasteiger partial charge in [-0.3, -0.25) is 9.78 Å². The van der Waals surface area contributed by atoms with Crippen LogP contribution in [0, 0.1) is 0 Å². The van der Waals surface area contributed by atoms with Gasteiger partial charge in [0.05, 0.1) is 22.1 Å². The highest BCUT2D eigenvalue weighted by Gasteiger charge is 2.21. The Labute approximate surface area is 138 Å². The molecule has 2 aromatic carbocycles. The first kappa shape index (κ1) is 13.2. The van der Waals surface area contributed by atoms with Crippen molar-refractivity contribution < 1.29 is 4.79 Å². The average Bonchev–Trinajstić information content (AvgIpc) is 2.91. The summed E-state index contributed by atoms with van der Waals surface area (Å²) in [6.45, 7) is 1.29. The van der Waals surface area contributed by atoms with Crippen molar-refractivity contribution >= 4 is 27.8 Å². The molecule has 0 saturated heterocycles. The van der Waals surface area contributed by atoms with E-state index in [9.17, 15) is 4.79 Å². The molecule has 0 aliphatic carbocycles. The number of hydrogen-bond acceptors (Lipinski definition) is 3. The fraction of sp³-hybridized carbons (Fsp3) is 0.105. The van der Waals surface area contributed by atoms with E-state index in [1.54, 1.807) is 0 Å². The highest BCUT2D eigenvalue weighted by Crippen LogP contribution is 2.29. The lowest BCUT2D eigenvalue weighted by Crippen LogP contribution is -2.24. The molecular formula is C19H14N4O. The monoisotopic (exact) mass is 314 g/mol. The number of carbonyl (C=O) groups excluding carboxylic acids is 1. The molecule has 116 valence electrons. The predicted molar refractivity (Wildman–Crippen MR) is 92.8 cm³/mol. The fourth-order valence-electron chi connectivity index (χ4n) is 3.38. The molecule has 1 amide bonds. The second-order valence-electron chi connectivity index (χ2n) is 5.93.